The molecule has 0 unspecified atom stereocenters. The van der Waals surface area contributed by atoms with Crippen molar-refractivity contribution < 1.29 is 19.4 Å². The number of nitrogens with zero attached hydrogens (tertiary/aromatic N) is 1. The molecule has 0 aromatic heterocycles. The van der Waals surface area contributed by atoms with Crippen LogP contribution in [0.3, 0.4) is 0 Å². The summed E-state index contributed by atoms with van der Waals surface area (Å²) >= 11 is 0. The summed E-state index contributed by atoms with van der Waals surface area (Å²) in [5.74, 6) is -1.15. The fourth-order valence-corrected chi connectivity index (χ4v) is 1.95. The number of carboxylic acid groups (broad SMARTS) is 1. The molecule has 7 heteroatoms. The minimum Gasteiger partial charge on any atom is -0.495 e. The number of para-hydroxylation sites is 2. The van der Waals surface area contributed by atoms with Crippen molar-refractivity contribution in [3.63, 3.8) is 0 Å². The largest absolute Gasteiger partial charge is 0.495 e. The highest BCUT2D eigenvalue weighted by atomic mass is 16.5. The molecule has 0 fully saturated rings. The van der Waals surface area contributed by atoms with Crippen molar-refractivity contribution in [2.45, 2.75) is 0 Å². The van der Waals surface area contributed by atoms with E-state index < -0.39 is 11.9 Å². The molecule has 126 valence electrons. The number of nitrogens with one attached hydrogen (secondary N) is 2. The van der Waals surface area contributed by atoms with Crippen LogP contribution < -0.4 is 15.4 Å². The molecule has 0 spiro atoms. The molecule has 0 radical (unpaired) electrons. The van der Waals surface area contributed by atoms with Crippen LogP contribution in [0.5, 0.6) is 5.75 Å². The first-order valence-corrected chi connectivity index (χ1v) is 7.19. The number of hydrogen-bond acceptors (Lipinski definition) is 5. The van der Waals surface area contributed by atoms with Crippen LogP contribution in [0.15, 0.2) is 60.3 Å². The molecule has 0 saturated heterocycles. The zero-order valence-electron chi connectivity index (χ0n) is 13.3. The molecule has 1 amide bonds. The molecular weight excluding hydrogens is 322 g/mol. The highest BCUT2D eigenvalue weighted by molar-refractivity contribution is 6.07. The smallest absolute Gasteiger partial charge is 0.335 e. The number of hydrogen-bond donors (Lipinski definition) is 3. The first-order chi connectivity index (χ1) is 12.0. The van der Waals surface area contributed by atoms with Gasteiger partial charge in [0.05, 0.1) is 18.4 Å². The molecule has 2 rings (SSSR count). The zero-order valence-corrected chi connectivity index (χ0v) is 13.3. The average Bonchev–Trinajstić information content (AvgIpc) is 2.63. The molecule has 3 N–H and O–H groups in total. The summed E-state index contributed by atoms with van der Waals surface area (Å²) in [5, 5.41) is 23.4. The first-order valence-electron chi connectivity index (χ1n) is 7.19. The van der Waals surface area contributed by atoms with E-state index in [1.165, 1.54) is 37.6 Å². The number of rotatable bonds is 6. The molecule has 0 atom stereocenters. The van der Waals surface area contributed by atoms with E-state index in [0.29, 0.717) is 17.1 Å². The Morgan fingerprint density at radius 3 is 2.44 bits per heavy atom. The van der Waals surface area contributed by atoms with Gasteiger partial charge in [-0.05, 0) is 36.4 Å². The van der Waals surface area contributed by atoms with E-state index >= 15 is 0 Å². The zero-order chi connectivity index (χ0) is 18.2. The lowest BCUT2D eigenvalue weighted by Crippen LogP contribution is -2.15. The van der Waals surface area contributed by atoms with Crippen molar-refractivity contribution in [1.29, 1.82) is 5.26 Å². The molecule has 2 aromatic rings. The molecule has 0 saturated carbocycles. The predicted molar refractivity (Wildman–Crippen MR) is 92.3 cm³/mol. The summed E-state index contributed by atoms with van der Waals surface area (Å²) in [6, 6.07) is 14.6. The number of benzene rings is 2. The van der Waals surface area contributed by atoms with E-state index in [2.05, 4.69) is 10.6 Å². The van der Waals surface area contributed by atoms with E-state index in [4.69, 9.17) is 15.1 Å². The number of nitriles is 1. The van der Waals surface area contributed by atoms with Crippen molar-refractivity contribution in [1.82, 2.24) is 0 Å². The van der Waals surface area contributed by atoms with Gasteiger partial charge in [0.2, 0.25) is 0 Å². The van der Waals surface area contributed by atoms with Gasteiger partial charge in [-0.1, -0.05) is 12.1 Å². The quantitative estimate of drug-likeness (QED) is 0.552. The summed E-state index contributed by atoms with van der Waals surface area (Å²) in [4.78, 5) is 23.0. The fraction of sp³-hybridized carbons (Fsp3) is 0.0556. The summed E-state index contributed by atoms with van der Waals surface area (Å²) in [6.45, 7) is 0. The number of anilines is 2. The number of methoxy groups -OCH3 is 1. The maximum absolute atomic E-state index is 12.2. The first kappa shape index (κ1) is 17.6. The summed E-state index contributed by atoms with van der Waals surface area (Å²) in [7, 11) is 1.48. The summed E-state index contributed by atoms with van der Waals surface area (Å²) in [5.41, 5.74) is 0.988. The third-order valence-corrected chi connectivity index (χ3v) is 3.24. The van der Waals surface area contributed by atoms with Gasteiger partial charge in [0.15, 0.2) is 0 Å². The van der Waals surface area contributed by atoms with Crippen LogP contribution >= 0.6 is 0 Å². The Balaban J connectivity index is 2.10. The fourth-order valence-electron chi connectivity index (χ4n) is 1.95. The van der Waals surface area contributed by atoms with Gasteiger partial charge in [-0.3, -0.25) is 4.79 Å². The minimum absolute atomic E-state index is 0.143. The Labute approximate surface area is 144 Å². The second kappa shape index (κ2) is 8.17. The second-order valence-corrected chi connectivity index (χ2v) is 4.85. The van der Waals surface area contributed by atoms with Crippen molar-refractivity contribution >= 4 is 23.3 Å². The van der Waals surface area contributed by atoms with Crippen molar-refractivity contribution in [2.24, 2.45) is 0 Å². The van der Waals surface area contributed by atoms with Crippen molar-refractivity contribution in [2.75, 3.05) is 17.7 Å². The standard InChI is InChI=1S/C18H15N3O4/c1-25-16-5-3-2-4-15(16)21-17(22)13(10-19)11-20-14-8-6-12(7-9-14)18(23)24/h2-9,11,20H,1H3,(H,21,22)(H,23,24)/b13-11-. The Hall–Kier alpha value is -3.79. The van der Waals surface area contributed by atoms with Crippen LogP contribution in [-0.4, -0.2) is 24.1 Å². The number of aromatic carboxylic acids is 1. The van der Waals surface area contributed by atoms with Gasteiger partial charge in [-0.15, -0.1) is 0 Å². The van der Waals surface area contributed by atoms with Gasteiger partial charge >= 0.3 is 5.97 Å². The average molecular weight is 337 g/mol. The minimum atomic E-state index is -1.03. The number of ether oxygens (including phenoxy) is 1. The normalized spacial score (nSPS) is 10.5. The molecule has 0 heterocycles. The lowest BCUT2D eigenvalue weighted by molar-refractivity contribution is -0.112. The molecular formula is C18H15N3O4. The lowest BCUT2D eigenvalue weighted by atomic mass is 10.2. The third-order valence-electron chi connectivity index (χ3n) is 3.24. The molecule has 0 aliphatic carbocycles. The summed E-state index contributed by atoms with van der Waals surface area (Å²) in [6.07, 6.45) is 1.25. The molecule has 0 bridgehead atoms. The van der Waals surface area contributed by atoms with Gasteiger partial charge in [0.1, 0.15) is 17.4 Å². The van der Waals surface area contributed by atoms with Crippen LogP contribution in [0.1, 0.15) is 10.4 Å². The van der Waals surface area contributed by atoms with Crippen LogP contribution in [0.2, 0.25) is 0 Å². The molecule has 0 aliphatic rings. The van der Waals surface area contributed by atoms with Crippen LogP contribution in [-0.2, 0) is 4.79 Å². The third kappa shape index (κ3) is 4.59. The maximum atomic E-state index is 12.2. The van der Waals surface area contributed by atoms with Crippen LogP contribution in [0, 0.1) is 11.3 Å². The Bertz CT molecular complexity index is 851. The maximum Gasteiger partial charge on any atom is 0.335 e. The second-order valence-electron chi connectivity index (χ2n) is 4.85. The van der Waals surface area contributed by atoms with Crippen molar-refractivity contribution in [3.8, 4) is 11.8 Å². The Kier molecular flexibility index (Phi) is 5.74. The lowest BCUT2D eigenvalue weighted by Gasteiger charge is -2.09. The number of carbonyl (C=O) groups is 2. The van der Waals surface area contributed by atoms with E-state index in [0.717, 1.165) is 0 Å². The SMILES string of the molecule is COc1ccccc1NC(=O)/C(C#N)=C\Nc1ccc(C(=O)O)cc1. The molecule has 0 aliphatic heterocycles. The van der Waals surface area contributed by atoms with Gasteiger partial charge < -0.3 is 20.5 Å². The van der Waals surface area contributed by atoms with E-state index in [1.54, 1.807) is 24.3 Å². The van der Waals surface area contributed by atoms with E-state index in [-0.39, 0.29) is 11.1 Å². The van der Waals surface area contributed by atoms with Gasteiger partial charge in [-0.2, -0.15) is 5.26 Å². The highest BCUT2D eigenvalue weighted by Gasteiger charge is 2.12. The van der Waals surface area contributed by atoms with Crippen LogP contribution in [0.4, 0.5) is 11.4 Å². The number of amides is 1. The van der Waals surface area contributed by atoms with Crippen molar-refractivity contribution in [3.05, 3.63) is 65.9 Å². The Morgan fingerprint density at radius 1 is 1.16 bits per heavy atom. The summed E-state index contributed by atoms with van der Waals surface area (Å²) < 4.78 is 5.14. The topological polar surface area (TPSA) is 111 Å². The monoisotopic (exact) mass is 337 g/mol. The van der Waals surface area contributed by atoms with Gasteiger partial charge in [-0.25, -0.2) is 4.79 Å². The highest BCUT2D eigenvalue weighted by Crippen LogP contribution is 2.23. The number of carboxylic acids is 1. The van der Waals surface area contributed by atoms with E-state index in [1.807, 2.05) is 6.07 Å². The molecule has 25 heavy (non-hydrogen) atoms. The predicted octanol–water partition coefficient (Wildman–Crippen LogP) is 2.85. The van der Waals surface area contributed by atoms with Crippen LogP contribution in [0.25, 0.3) is 0 Å². The van der Waals surface area contributed by atoms with Gasteiger partial charge in [0, 0.05) is 11.9 Å². The molecule has 2 aromatic carbocycles. The van der Waals surface area contributed by atoms with E-state index in [9.17, 15) is 9.59 Å². The number of carbonyl (C=O) groups excluding carboxylic acids is 1. The van der Waals surface area contributed by atoms with Gasteiger partial charge in [0.25, 0.3) is 5.91 Å². The molecule has 7 nitrogen and oxygen atoms in total. The Morgan fingerprint density at radius 2 is 1.84 bits per heavy atom.